The van der Waals surface area contributed by atoms with E-state index in [9.17, 15) is 0 Å². The van der Waals surface area contributed by atoms with Gasteiger partial charge in [0.05, 0.1) is 12.2 Å². The van der Waals surface area contributed by atoms with Gasteiger partial charge in [-0.2, -0.15) is 0 Å². The molecule has 3 aliphatic rings. The number of aromatic nitrogens is 2. The summed E-state index contributed by atoms with van der Waals surface area (Å²) >= 11 is 0. The molecule has 4 rings (SSSR count). The van der Waals surface area contributed by atoms with Gasteiger partial charge >= 0.3 is 0 Å². The van der Waals surface area contributed by atoms with Crippen LogP contribution in [0, 0.1) is 0 Å². The summed E-state index contributed by atoms with van der Waals surface area (Å²) in [7, 11) is 0. The molecule has 1 aromatic rings. The van der Waals surface area contributed by atoms with Crippen LogP contribution >= 0.6 is 0 Å². The molecule has 114 valence electrons. The second-order valence-corrected chi connectivity index (χ2v) is 6.63. The summed E-state index contributed by atoms with van der Waals surface area (Å²) in [6, 6.07) is 2.53. The van der Waals surface area contributed by atoms with Gasteiger partial charge in [0.2, 0.25) is 5.95 Å². The monoisotopic (exact) mass is 288 g/mol. The Hall–Kier alpha value is -1.20. The van der Waals surface area contributed by atoms with E-state index in [2.05, 4.69) is 19.8 Å². The van der Waals surface area contributed by atoms with Crippen molar-refractivity contribution < 1.29 is 4.74 Å². The van der Waals surface area contributed by atoms with E-state index in [1.165, 1.54) is 32.4 Å². The Bertz CT molecular complexity index is 466. The summed E-state index contributed by atoms with van der Waals surface area (Å²) in [6.07, 6.45) is 9.80. The minimum atomic E-state index is 0.124. The molecule has 3 aliphatic heterocycles. The van der Waals surface area contributed by atoms with Gasteiger partial charge in [0.15, 0.2) is 0 Å². The highest BCUT2D eigenvalue weighted by Crippen LogP contribution is 2.38. The predicted octanol–water partition coefficient (Wildman–Crippen LogP) is 1.70. The van der Waals surface area contributed by atoms with Crippen LogP contribution in [0.1, 0.15) is 32.1 Å². The molecule has 0 N–H and O–H groups in total. The highest BCUT2D eigenvalue weighted by atomic mass is 16.5. The Morgan fingerprint density at radius 1 is 1.05 bits per heavy atom. The average Bonchev–Trinajstić information content (AvgIpc) is 3.19. The standard InChI is InChI=1S/C16H24N4O/c1-2-9-19(8-1)14-12-16(21-13-14)4-10-20(11-5-16)15-17-6-3-7-18-15/h3,6-7,14H,1-2,4-5,8-13H2/t14-/m0/s1. The van der Waals surface area contributed by atoms with E-state index in [1.807, 2.05) is 18.5 Å². The van der Waals surface area contributed by atoms with E-state index in [-0.39, 0.29) is 5.60 Å². The van der Waals surface area contributed by atoms with Gasteiger partial charge in [-0.05, 0) is 51.3 Å². The lowest BCUT2D eigenvalue weighted by molar-refractivity contribution is -0.0159. The maximum atomic E-state index is 6.28. The molecule has 21 heavy (non-hydrogen) atoms. The second-order valence-electron chi connectivity index (χ2n) is 6.63. The number of hydrogen-bond donors (Lipinski definition) is 0. The van der Waals surface area contributed by atoms with Gasteiger partial charge in [-0.3, -0.25) is 4.90 Å². The Labute approximate surface area is 126 Å². The average molecular weight is 288 g/mol. The van der Waals surface area contributed by atoms with Crippen LogP contribution in [-0.4, -0.2) is 59.3 Å². The molecule has 1 spiro atoms. The van der Waals surface area contributed by atoms with Crippen LogP contribution in [0.5, 0.6) is 0 Å². The lowest BCUT2D eigenvalue weighted by atomic mass is 9.87. The molecular weight excluding hydrogens is 264 g/mol. The third-order valence-electron chi connectivity index (χ3n) is 5.36. The van der Waals surface area contributed by atoms with E-state index >= 15 is 0 Å². The molecule has 0 unspecified atom stereocenters. The normalized spacial score (nSPS) is 29.3. The molecule has 0 amide bonds. The molecule has 0 bridgehead atoms. The Morgan fingerprint density at radius 3 is 2.48 bits per heavy atom. The van der Waals surface area contributed by atoms with Crippen molar-refractivity contribution in [3.63, 3.8) is 0 Å². The fraction of sp³-hybridized carbons (Fsp3) is 0.750. The zero-order valence-corrected chi connectivity index (χ0v) is 12.6. The Kier molecular flexibility index (Phi) is 3.55. The fourth-order valence-electron chi connectivity index (χ4n) is 4.08. The molecule has 4 heterocycles. The quantitative estimate of drug-likeness (QED) is 0.828. The van der Waals surface area contributed by atoms with Crippen molar-refractivity contribution in [2.75, 3.05) is 37.7 Å². The van der Waals surface area contributed by atoms with E-state index in [4.69, 9.17) is 4.74 Å². The van der Waals surface area contributed by atoms with Gasteiger partial charge in [-0.25, -0.2) is 9.97 Å². The first-order chi connectivity index (χ1) is 10.3. The Balaban J connectivity index is 1.37. The summed E-state index contributed by atoms with van der Waals surface area (Å²) in [5.74, 6) is 0.862. The lowest BCUT2D eigenvalue weighted by Crippen LogP contribution is -2.45. The Morgan fingerprint density at radius 2 is 1.76 bits per heavy atom. The number of rotatable bonds is 2. The number of piperidine rings is 1. The molecule has 3 fully saturated rings. The maximum absolute atomic E-state index is 6.28. The van der Waals surface area contributed by atoms with Crippen LogP contribution in [0.4, 0.5) is 5.95 Å². The van der Waals surface area contributed by atoms with Gasteiger partial charge in [0.25, 0.3) is 0 Å². The molecule has 0 saturated carbocycles. The number of nitrogens with zero attached hydrogens (tertiary/aromatic N) is 4. The topological polar surface area (TPSA) is 41.5 Å². The van der Waals surface area contributed by atoms with Crippen molar-refractivity contribution in [2.45, 2.75) is 43.7 Å². The van der Waals surface area contributed by atoms with Crippen LogP contribution in [0.15, 0.2) is 18.5 Å². The van der Waals surface area contributed by atoms with Crippen molar-refractivity contribution in [2.24, 2.45) is 0 Å². The smallest absolute Gasteiger partial charge is 0.225 e. The first-order valence-corrected chi connectivity index (χ1v) is 8.25. The van der Waals surface area contributed by atoms with Gasteiger partial charge in [0, 0.05) is 31.5 Å². The van der Waals surface area contributed by atoms with Gasteiger partial charge in [0.1, 0.15) is 0 Å². The fourth-order valence-corrected chi connectivity index (χ4v) is 4.08. The largest absolute Gasteiger partial charge is 0.373 e. The molecule has 3 saturated heterocycles. The molecular formula is C16H24N4O. The molecule has 0 radical (unpaired) electrons. The summed E-state index contributed by atoms with van der Waals surface area (Å²) < 4.78 is 6.28. The highest BCUT2D eigenvalue weighted by molar-refractivity contribution is 5.29. The van der Waals surface area contributed by atoms with Crippen molar-refractivity contribution in [3.8, 4) is 0 Å². The van der Waals surface area contributed by atoms with E-state index in [0.717, 1.165) is 38.5 Å². The third kappa shape index (κ3) is 2.64. The third-order valence-corrected chi connectivity index (χ3v) is 5.36. The molecule has 1 aromatic heterocycles. The summed E-state index contributed by atoms with van der Waals surface area (Å²) in [4.78, 5) is 13.7. The van der Waals surface area contributed by atoms with Crippen LogP contribution in [0.2, 0.25) is 0 Å². The van der Waals surface area contributed by atoms with Crippen molar-refractivity contribution in [1.82, 2.24) is 14.9 Å². The first kappa shape index (κ1) is 13.5. The minimum Gasteiger partial charge on any atom is -0.373 e. The van der Waals surface area contributed by atoms with Crippen LogP contribution in [-0.2, 0) is 4.74 Å². The van der Waals surface area contributed by atoms with E-state index in [1.54, 1.807) is 0 Å². The number of hydrogen-bond acceptors (Lipinski definition) is 5. The van der Waals surface area contributed by atoms with E-state index < -0.39 is 0 Å². The summed E-state index contributed by atoms with van der Waals surface area (Å²) in [5.41, 5.74) is 0.124. The zero-order chi connectivity index (χ0) is 14.1. The first-order valence-electron chi connectivity index (χ1n) is 8.25. The van der Waals surface area contributed by atoms with Gasteiger partial charge in [-0.15, -0.1) is 0 Å². The van der Waals surface area contributed by atoms with Gasteiger partial charge < -0.3 is 9.64 Å². The number of likely N-dealkylation sites (tertiary alicyclic amines) is 1. The molecule has 5 heteroatoms. The molecule has 0 aromatic carbocycles. The molecule has 5 nitrogen and oxygen atoms in total. The molecule has 1 atom stereocenters. The summed E-state index contributed by atoms with van der Waals surface area (Å²) in [6.45, 7) is 5.50. The van der Waals surface area contributed by atoms with Crippen LogP contribution < -0.4 is 4.90 Å². The van der Waals surface area contributed by atoms with Crippen LogP contribution in [0.3, 0.4) is 0 Å². The SMILES string of the molecule is c1cnc(N2CCC3(CC2)C[C@H](N2CCCC2)CO3)nc1. The zero-order valence-electron chi connectivity index (χ0n) is 12.6. The highest BCUT2D eigenvalue weighted by Gasteiger charge is 2.44. The second kappa shape index (κ2) is 5.54. The van der Waals surface area contributed by atoms with Crippen molar-refractivity contribution >= 4 is 5.95 Å². The van der Waals surface area contributed by atoms with Crippen molar-refractivity contribution in [3.05, 3.63) is 18.5 Å². The molecule has 0 aliphatic carbocycles. The number of anilines is 1. The van der Waals surface area contributed by atoms with Crippen LogP contribution in [0.25, 0.3) is 0 Å². The summed E-state index contributed by atoms with van der Waals surface area (Å²) in [5, 5.41) is 0. The lowest BCUT2D eigenvalue weighted by Gasteiger charge is -2.38. The van der Waals surface area contributed by atoms with Gasteiger partial charge in [-0.1, -0.05) is 0 Å². The number of ether oxygens (including phenoxy) is 1. The minimum absolute atomic E-state index is 0.124. The maximum Gasteiger partial charge on any atom is 0.225 e. The van der Waals surface area contributed by atoms with E-state index in [0.29, 0.717) is 6.04 Å². The van der Waals surface area contributed by atoms with Crippen molar-refractivity contribution in [1.29, 1.82) is 0 Å². The predicted molar refractivity (Wildman–Crippen MR) is 81.4 cm³/mol.